The normalized spacial score (nSPS) is 22.3. The second-order valence-electron chi connectivity index (χ2n) is 6.85. The van der Waals surface area contributed by atoms with E-state index >= 15 is 0 Å². The lowest BCUT2D eigenvalue weighted by molar-refractivity contribution is -0.137. The highest BCUT2D eigenvalue weighted by Crippen LogP contribution is 2.42. The van der Waals surface area contributed by atoms with Crippen molar-refractivity contribution in [1.29, 1.82) is 5.26 Å². The average molecular weight is 438 g/mol. The lowest BCUT2D eigenvalue weighted by Crippen LogP contribution is -2.50. The summed E-state index contributed by atoms with van der Waals surface area (Å²) in [6, 6.07) is 2.42. The summed E-state index contributed by atoms with van der Waals surface area (Å²) in [6.07, 6.45) is 2.56. The van der Waals surface area contributed by atoms with Crippen LogP contribution >= 0.6 is 0 Å². The smallest absolute Gasteiger partial charge is 0.271 e. The Morgan fingerprint density at radius 3 is 2.40 bits per heavy atom. The van der Waals surface area contributed by atoms with E-state index in [0.717, 1.165) is 18.4 Å². The topological polar surface area (TPSA) is 98.5 Å². The van der Waals surface area contributed by atoms with Crippen molar-refractivity contribution in [3.8, 4) is 6.07 Å². The molecule has 1 fully saturated rings. The van der Waals surface area contributed by atoms with Gasteiger partial charge in [-0.3, -0.25) is 4.79 Å². The third-order valence-corrected chi connectivity index (χ3v) is 6.04. The minimum atomic E-state index is -4.92. The molecule has 1 aliphatic heterocycles. The lowest BCUT2D eigenvalue weighted by Gasteiger charge is -2.31. The van der Waals surface area contributed by atoms with Gasteiger partial charge in [0.25, 0.3) is 5.91 Å². The molecule has 30 heavy (non-hydrogen) atoms. The number of carbonyl (C=O) groups is 2. The number of alkyl halides is 3. The fourth-order valence-corrected chi connectivity index (χ4v) is 4.71. The van der Waals surface area contributed by atoms with Crippen LogP contribution in [0.4, 0.5) is 23.7 Å². The number of amides is 3. The zero-order valence-corrected chi connectivity index (χ0v) is 16.6. The van der Waals surface area contributed by atoms with E-state index < -0.39 is 50.5 Å². The zero-order valence-electron chi connectivity index (χ0n) is 15.8. The van der Waals surface area contributed by atoms with Crippen LogP contribution in [-0.2, 0) is 21.0 Å². The minimum Gasteiger partial charge on any atom is -0.271 e. The molecule has 0 saturated carbocycles. The molecule has 2 aliphatic rings. The van der Waals surface area contributed by atoms with Gasteiger partial charge in [0, 0.05) is 0 Å². The first-order valence-electron chi connectivity index (χ1n) is 8.54. The number of nitriles is 1. The fraction of sp³-hybridized carbons (Fsp3) is 0.263. The molecule has 0 aromatic heterocycles. The first-order chi connectivity index (χ1) is 13.8. The standard InChI is InChI=1S/C19H15F3N3O4S/c1-18(13-6-4-3-5-7-13)16(26)24(17(27)25(18)30(2,28)29)14-9-8-12(11-23)15(10-14)19(20,21)22/h3-4,6-10H,5H2,1-2H3. The van der Waals surface area contributed by atoms with Gasteiger partial charge in [-0.15, -0.1) is 0 Å². The van der Waals surface area contributed by atoms with Crippen molar-refractivity contribution < 1.29 is 31.2 Å². The fourth-order valence-electron chi connectivity index (χ4n) is 3.49. The monoisotopic (exact) mass is 438 g/mol. The van der Waals surface area contributed by atoms with E-state index in [4.69, 9.17) is 5.26 Å². The Bertz CT molecular complexity index is 1150. The second kappa shape index (κ2) is 6.98. The van der Waals surface area contributed by atoms with Gasteiger partial charge in [-0.1, -0.05) is 18.2 Å². The van der Waals surface area contributed by atoms with Crippen LogP contribution in [0.15, 0.2) is 42.0 Å². The van der Waals surface area contributed by atoms with Crippen molar-refractivity contribution in [2.75, 3.05) is 11.2 Å². The van der Waals surface area contributed by atoms with Gasteiger partial charge in [0.2, 0.25) is 10.0 Å². The number of benzene rings is 1. The second-order valence-corrected chi connectivity index (χ2v) is 8.68. The first kappa shape index (κ1) is 21.6. The molecule has 1 aliphatic carbocycles. The highest BCUT2D eigenvalue weighted by atomic mass is 32.2. The van der Waals surface area contributed by atoms with Crippen LogP contribution in [0.2, 0.25) is 0 Å². The third kappa shape index (κ3) is 3.27. The van der Waals surface area contributed by atoms with Crippen LogP contribution in [0.25, 0.3) is 0 Å². The van der Waals surface area contributed by atoms with Crippen molar-refractivity contribution in [2.45, 2.75) is 25.1 Å². The molecule has 1 unspecified atom stereocenters. The molecular weight excluding hydrogens is 423 g/mol. The molecule has 0 bridgehead atoms. The maximum absolute atomic E-state index is 13.3. The molecular formula is C19H15F3N3O4S. The SMILES string of the molecule is CC1(C2=CC[CH]C=C2)C(=O)N(c2ccc(C#N)c(C(F)(F)F)c2)C(=O)N1S(C)(=O)=O. The van der Waals surface area contributed by atoms with E-state index in [2.05, 4.69) is 0 Å². The van der Waals surface area contributed by atoms with Gasteiger partial charge in [-0.25, -0.2) is 22.4 Å². The number of allylic oxidation sites excluding steroid dienone is 2. The zero-order chi connectivity index (χ0) is 22.5. The predicted octanol–water partition coefficient (Wildman–Crippen LogP) is 3.15. The number of hydrogen-bond donors (Lipinski definition) is 0. The van der Waals surface area contributed by atoms with Crippen molar-refractivity contribution in [1.82, 2.24) is 4.31 Å². The summed E-state index contributed by atoms with van der Waals surface area (Å²) in [5, 5.41) is 8.94. The largest absolute Gasteiger partial charge is 0.417 e. The van der Waals surface area contributed by atoms with Gasteiger partial charge in [0.05, 0.1) is 29.1 Å². The number of sulfonamides is 1. The molecule has 157 valence electrons. The minimum absolute atomic E-state index is 0.223. The highest BCUT2D eigenvalue weighted by molar-refractivity contribution is 7.89. The summed E-state index contributed by atoms with van der Waals surface area (Å²) in [5.41, 5.74) is -4.26. The summed E-state index contributed by atoms with van der Waals surface area (Å²) in [7, 11) is -4.27. The van der Waals surface area contributed by atoms with Crippen LogP contribution in [0.3, 0.4) is 0 Å². The number of nitrogens with zero attached hydrogens (tertiary/aromatic N) is 3. The van der Waals surface area contributed by atoms with Gasteiger partial charge in [-0.2, -0.15) is 18.4 Å². The Balaban J connectivity index is 2.22. The van der Waals surface area contributed by atoms with Crippen molar-refractivity contribution in [2.24, 2.45) is 0 Å². The van der Waals surface area contributed by atoms with E-state index in [1.165, 1.54) is 19.1 Å². The van der Waals surface area contributed by atoms with E-state index in [-0.39, 0.29) is 5.57 Å². The number of halogens is 3. The van der Waals surface area contributed by atoms with E-state index in [1.54, 1.807) is 18.6 Å². The molecule has 3 rings (SSSR count). The van der Waals surface area contributed by atoms with E-state index in [0.29, 0.717) is 21.7 Å². The summed E-state index contributed by atoms with van der Waals surface area (Å²) >= 11 is 0. The number of hydrogen-bond acceptors (Lipinski definition) is 5. The van der Waals surface area contributed by atoms with Crippen LogP contribution < -0.4 is 4.90 Å². The van der Waals surface area contributed by atoms with Gasteiger partial charge in [0.1, 0.15) is 0 Å². The molecule has 1 atom stereocenters. The van der Waals surface area contributed by atoms with Gasteiger partial charge >= 0.3 is 12.2 Å². The summed E-state index contributed by atoms with van der Waals surface area (Å²) in [5.74, 6) is -1.02. The number of carbonyl (C=O) groups excluding carboxylic acids is 2. The Morgan fingerprint density at radius 1 is 1.23 bits per heavy atom. The molecule has 1 aromatic rings. The van der Waals surface area contributed by atoms with E-state index in [9.17, 15) is 31.2 Å². The number of rotatable bonds is 3. The number of imide groups is 1. The van der Waals surface area contributed by atoms with Crippen LogP contribution in [-0.4, -0.2) is 36.5 Å². The molecule has 0 N–H and O–H groups in total. The summed E-state index contributed by atoms with van der Waals surface area (Å²) in [6.45, 7) is 1.23. The molecule has 1 aromatic carbocycles. The Kier molecular flexibility index (Phi) is 5.02. The predicted molar refractivity (Wildman–Crippen MR) is 100 cm³/mol. The number of anilines is 1. The lowest BCUT2D eigenvalue weighted by atomic mass is 9.88. The van der Waals surface area contributed by atoms with Crippen LogP contribution in [0.1, 0.15) is 24.5 Å². The molecule has 1 radical (unpaired) electrons. The maximum Gasteiger partial charge on any atom is 0.417 e. The van der Waals surface area contributed by atoms with Crippen molar-refractivity contribution in [3.05, 3.63) is 59.5 Å². The average Bonchev–Trinajstić information content (AvgIpc) is 2.87. The summed E-state index contributed by atoms with van der Waals surface area (Å²) in [4.78, 5) is 26.7. The Hall–Kier alpha value is -3.13. The third-order valence-electron chi connectivity index (χ3n) is 4.86. The Labute approximate surface area is 170 Å². The van der Waals surface area contributed by atoms with Crippen molar-refractivity contribution >= 4 is 27.6 Å². The molecule has 1 saturated heterocycles. The molecule has 11 heteroatoms. The van der Waals surface area contributed by atoms with Crippen LogP contribution in [0, 0.1) is 17.8 Å². The van der Waals surface area contributed by atoms with Crippen LogP contribution in [0.5, 0.6) is 0 Å². The van der Waals surface area contributed by atoms with Gasteiger partial charge in [-0.05, 0) is 43.5 Å². The number of urea groups is 1. The molecule has 7 nitrogen and oxygen atoms in total. The maximum atomic E-state index is 13.3. The van der Waals surface area contributed by atoms with Gasteiger partial charge < -0.3 is 0 Å². The Morgan fingerprint density at radius 2 is 1.90 bits per heavy atom. The van der Waals surface area contributed by atoms with Crippen molar-refractivity contribution in [3.63, 3.8) is 0 Å². The molecule has 0 spiro atoms. The van der Waals surface area contributed by atoms with E-state index in [1.807, 2.05) is 0 Å². The highest BCUT2D eigenvalue weighted by Gasteiger charge is 2.60. The summed E-state index contributed by atoms with van der Waals surface area (Å²) < 4.78 is 65.2. The van der Waals surface area contributed by atoms with Gasteiger partial charge in [0.15, 0.2) is 5.54 Å². The molecule has 3 amide bonds. The first-order valence-corrected chi connectivity index (χ1v) is 10.4. The quantitative estimate of drug-likeness (QED) is 0.675. The molecule has 1 heterocycles.